The van der Waals surface area contributed by atoms with Gasteiger partial charge in [-0.05, 0) is 133 Å². The molecule has 2 aliphatic rings. The summed E-state index contributed by atoms with van der Waals surface area (Å²) >= 11 is 0. The minimum absolute atomic E-state index is 1.02. The van der Waals surface area contributed by atoms with Crippen LogP contribution in [0.3, 0.4) is 0 Å². The van der Waals surface area contributed by atoms with Gasteiger partial charge in [-0.2, -0.15) is 10.2 Å². The Morgan fingerprint density at radius 2 is 0.629 bits per heavy atom. The van der Waals surface area contributed by atoms with Crippen molar-refractivity contribution in [2.45, 2.75) is 90.1 Å². The van der Waals surface area contributed by atoms with E-state index in [-0.39, 0.29) is 0 Å². The third-order valence-corrected chi connectivity index (χ3v) is 15.0. The van der Waals surface area contributed by atoms with Crippen LogP contribution in [0.25, 0.3) is 43.6 Å². The van der Waals surface area contributed by atoms with Crippen LogP contribution in [0.2, 0.25) is 0 Å². The summed E-state index contributed by atoms with van der Waals surface area (Å²) in [6, 6.07) is 66.4. The molecule has 0 fully saturated rings. The molecule has 12 rings (SSSR count). The van der Waals surface area contributed by atoms with Crippen LogP contribution in [0.5, 0.6) is 0 Å². The molecule has 0 spiro atoms. The lowest BCUT2D eigenvalue weighted by atomic mass is 10.0. The van der Waals surface area contributed by atoms with Crippen molar-refractivity contribution in [1.82, 2.24) is 9.13 Å². The molecule has 0 N–H and O–H groups in total. The van der Waals surface area contributed by atoms with Gasteiger partial charge in [-0.1, -0.05) is 160 Å². The van der Waals surface area contributed by atoms with Crippen LogP contribution in [0.1, 0.15) is 84.7 Å². The van der Waals surface area contributed by atoms with Crippen LogP contribution in [0.15, 0.2) is 192 Å². The normalized spacial score (nSPS) is 13.6. The van der Waals surface area contributed by atoms with Crippen molar-refractivity contribution in [2.24, 2.45) is 10.2 Å². The second-order valence-corrected chi connectivity index (χ2v) is 19.3. The third-order valence-electron chi connectivity index (χ3n) is 15.0. The van der Waals surface area contributed by atoms with Gasteiger partial charge in [0, 0.05) is 56.7 Å². The molecule has 2 aromatic heterocycles. The summed E-state index contributed by atoms with van der Waals surface area (Å²) in [6.45, 7) is 2.07. The molecule has 0 atom stereocenters. The van der Waals surface area contributed by atoms with E-state index in [0.29, 0.717) is 0 Å². The lowest BCUT2D eigenvalue weighted by Gasteiger charge is -2.21. The first-order valence-electron chi connectivity index (χ1n) is 25.8. The molecule has 0 unspecified atom stereocenters. The fourth-order valence-corrected chi connectivity index (χ4v) is 11.4. The topological polar surface area (TPSA) is 41.1 Å². The fourth-order valence-electron chi connectivity index (χ4n) is 11.4. The number of fused-ring (bicyclic) bond motifs is 10. The van der Waals surface area contributed by atoms with Crippen LogP contribution in [-0.2, 0) is 38.8 Å². The number of aryl methyl sites for hydroxylation is 6. The summed E-state index contributed by atoms with van der Waals surface area (Å²) in [4.78, 5) is 0. The molecule has 0 bridgehead atoms. The molecule has 6 nitrogen and oxygen atoms in total. The van der Waals surface area contributed by atoms with E-state index in [0.717, 1.165) is 72.6 Å². The molecule has 70 heavy (non-hydrogen) atoms. The molecule has 346 valence electrons. The molecule has 0 saturated carbocycles. The Morgan fingerprint density at radius 3 is 1.01 bits per heavy atom. The lowest BCUT2D eigenvalue weighted by Crippen LogP contribution is -2.11. The van der Waals surface area contributed by atoms with Gasteiger partial charge in [0.1, 0.15) is 0 Å². The van der Waals surface area contributed by atoms with Crippen molar-refractivity contribution in [3.05, 3.63) is 215 Å². The smallest absolute Gasteiger partial charge is 0.0684 e. The predicted molar refractivity (Wildman–Crippen MR) is 296 cm³/mol. The van der Waals surface area contributed by atoms with Gasteiger partial charge >= 0.3 is 0 Å². The second kappa shape index (κ2) is 19.7. The van der Waals surface area contributed by atoms with E-state index in [1.807, 2.05) is 12.4 Å². The number of benzene rings is 8. The molecule has 10 aromatic rings. The Hall–Kier alpha value is -7.70. The summed E-state index contributed by atoms with van der Waals surface area (Å²) in [5.74, 6) is 0. The average molecular weight is 913 g/mol. The maximum atomic E-state index is 5.15. The maximum Gasteiger partial charge on any atom is 0.0684 e. The van der Waals surface area contributed by atoms with Crippen molar-refractivity contribution < 1.29 is 0 Å². The first kappa shape index (κ1) is 43.6. The average Bonchev–Trinajstić information content (AvgIpc) is 3.75. The van der Waals surface area contributed by atoms with E-state index in [9.17, 15) is 0 Å². The summed E-state index contributed by atoms with van der Waals surface area (Å²) in [7, 11) is 0. The molecule has 0 saturated heterocycles. The van der Waals surface area contributed by atoms with Gasteiger partial charge < -0.3 is 9.13 Å². The number of hydrazone groups is 2. The van der Waals surface area contributed by atoms with Crippen molar-refractivity contribution in [1.29, 1.82) is 0 Å². The largest absolute Gasteiger partial charge is 0.340 e. The molecular formula is C64H60N6. The van der Waals surface area contributed by atoms with Crippen LogP contribution >= 0.6 is 0 Å². The summed E-state index contributed by atoms with van der Waals surface area (Å²) in [6.07, 6.45) is 18.2. The Labute approximate surface area is 411 Å². The summed E-state index contributed by atoms with van der Waals surface area (Å²) in [5.41, 5.74) is 17.5. The van der Waals surface area contributed by atoms with Crippen LogP contribution in [0, 0.1) is 0 Å². The number of nitrogens with zero attached hydrogens (tertiary/aromatic N) is 6. The maximum absolute atomic E-state index is 5.15. The Bertz CT molecular complexity index is 3220. The zero-order valence-electron chi connectivity index (χ0n) is 40.1. The third kappa shape index (κ3) is 8.57. The summed E-state index contributed by atoms with van der Waals surface area (Å²) < 4.78 is 5.09. The first-order valence-corrected chi connectivity index (χ1v) is 25.8. The molecular weight excluding hydrogens is 853 g/mol. The van der Waals surface area contributed by atoms with E-state index in [1.165, 1.54) is 117 Å². The first-order chi connectivity index (χ1) is 34.7. The number of hydrogen-bond donors (Lipinski definition) is 0. The van der Waals surface area contributed by atoms with Crippen LogP contribution in [-0.4, -0.2) is 21.6 Å². The molecule has 0 aliphatic carbocycles. The molecule has 6 heteroatoms. The number of aromatic nitrogens is 2. The Morgan fingerprint density at radius 1 is 0.314 bits per heavy atom. The van der Waals surface area contributed by atoms with Gasteiger partial charge in [0.2, 0.25) is 0 Å². The zero-order valence-corrected chi connectivity index (χ0v) is 40.1. The molecule has 0 radical (unpaired) electrons. The zero-order chi connectivity index (χ0) is 46.6. The van der Waals surface area contributed by atoms with Crippen molar-refractivity contribution in [2.75, 3.05) is 10.0 Å². The molecule has 4 heterocycles. The van der Waals surface area contributed by atoms with E-state index in [2.05, 4.69) is 201 Å². The SMILES string of the molecule is C(=NN1c2ccccc2CCc2ccccc21)c1ccc2c(c1)c1ccccc1n2CCCCCCCCCCn1c2ccccc2c2cc(C=NN3c4ccccc4CCc4ccccc43)ccc21. The summed E-state index contributed by atoms with van der Waals surface area (Å²) in [5, 5.41) is 19.8. The standard InChI is InChI=1S/C64H60N6/c1(3-5-19-41-67-61-31-17-11-25-53(61)55-43-47(33-39-63(55)67)45-65-69-57-27-13-7-21-49(57)35-36-50-22-8-14-28-58(50)69)2-4-6-20-42-68-62-32-18-12-26-54(62)56-44-48(34-40-64(56)68)46-66-70-59-29-15-9-23-51(59)37-38-52-24-10-16-30-60(52)70/h7-18,21-34,39-40,43-46H,1-6,19-20,35-38,41-42H2. The van der Waals surface area contributed by atoms with Gasteiger partial charge in [0.15, 0.2) is 0 Å². The highest BCUT2D eigenvalue weighted by Gasteiger charge is 2.22. The van der Waals surface area contributed by atoms with Crippen molar-refractivity contribution in [3.8, 4) is 0 Å². The number of unbranched alkanes of at least 4 members (excludes halogenated alkanes) is 7. The van der Waals surface area contributed by atoms with E-state index >= 15 is 0 Å². The highest BCUT2D eigenvalue weighted by molar-refractivity contribution is 6.10. The van der Waals surface area contributed by atoms with Gasteiger partial charge in [-0.15, -0.1) is 0 Å². The number of rotatable bonds is 15. The Kier molecular flexibility index (Phi) is 12.3. The molecule has 8 aromatic carbocycles. The number of anilines is 4. The highest BCUT2D eigenvalue weighted by Crippen LogP contribution is 2.39. The van der Waals surface area contributed by atoms with E-state index in [1.54, 1.807) is 0 Å². The monoisotopic (exact) mass is 912 g/mol. The number of para-hydroxylation sites is 6. The van der Waals surface area contributed by atoms with Gasteiger partial charge in [0.25, 0.3) is 0 Å². The van der Waals surface area contributed by atoms with Gasteiger partial charge in [0.05, 0.1) is 35.2 Å². The van der Waals surface area contributed by atoms with Crippen LogP contribution < -0.4 is 10.0 Å². The van der Waals surface area contributed by atoms with Gasteiger partial charge in [-0.25, -0.2) is 10.0 Å². The quantitative estimate of drug-likeness (QED) is 0.0759. The number of hydrogen-bond acceptors (Lipinski definition) is 4. The van der Waals surface area contributed by atoms with Gasteiger partial charge in [-0.3, -0.25) is 0 Å². The van der Waals surface area contributed by atoms with E-state index in [4.69, 9.17) is 10.2 Å². The van der Waals surface area contributed by atoms with Crippen molar-refractivity contribution in [3.63, 3.8) is 0 Å². The highest BCUT2D eigenvalue weighted by atomic mass is 15.5. The molecule has 2 aliphatic heterocycles. The Balaban J connectivity index is 0.652. The minimum Gasteiger partial charge on any atom is -0.340 e. The second-order valence-electron chi connectivity index (χ2n) is 19.3. The van der Waals surface area contributed by atoms with Crippen LogP contribution in [0.4, 0.5) is 22.7 Å². The predicted octanol–water partition coefficient (Wildman–Crippen LogP) is 16.3. The lowest BCUT2D eigenvalue weighted by molar-refractivity contribution is 0.536. The van der Waals surface area contributed by atoms with E-state index < -0.39 is 0 Å². The molecule has 0 amide bonds. The fraction of sp³-hybridized carbons (Fsp3) is 0.219. The minimum atomic E-state index is 1.02. The van der Waals surface area contributed by atoms with Crippen molar-refractivity contribution >= 4 is 78.8 Å².